The first-order chi connectivity index (χ1) is 8.56. The molecule has 1 aromatic heterocycles. The molecule has 5 heteroatoms. The Labute approximate surface area is 111 Å². The molecule has 92 valence electrons. The highest BCUT2D eigenvalue weighted by Crippen LogP contribution is 2.11. The summed E-state index contributed by atoms with van der Waals surface area (Å²) in [6.07, 6.45) is 1.03. The fourth-order valence-electron chi connectivity index (χ4n) is 1.51. The van der Waals surface area contributed by atoms with Gasteiger partial charge in [0, 0.05) is 22.3 Å². The van der Waals surface area contributed by atoms with Crippen LogP contribution >= 0.6 is 15.9 Å². The summed E-state index contributed by atoms with van der Waals surface area (Å²) in [6.45, 7) is -0.168. The van der Waals surface area contributed by atoms with E-state index >= 15 is 0 Å². The van der Waals surface area contributed by atoms with Crippen molar-refractivity contribution in [1.82, 2.24) is 4.57 Å². The number of hydrogen-bond donors (Lipinski definition) is 0. The number of rotatable bonds is 3. The predicted octanol–water partition coefficient (Wildman–Crippen LogP) is 2.63. The van der Waals surface area contributed by atoms with E-state index in [9.17, 15) is 14.0 Å². The number of benzene rings is 1. The smallest absolute Gasteiger partial charge is 0.251 e. The van der Waals surface area contributed by atoms with E-state index in [1.807, 2.05) is 0 Å². The minimum Gasteiger partial charge on any atom is -0.305 e. The van der Waals surface area contributed by atoms with Gasteiger partial charge in [-0.15, -0.1) is 0 Å². The highest BCUT2D eigenvalue weighted by Gasteiger charge is 2.08. The minimum absolute atomic E-state index is 0.168. The van der Waals surface area contributed by atoms with Crippen LogP contribution in [-0.2, 0) is 6.54 Å². The molecule has 2 rings (SSSR count). The Balaban J connectivity index is 2.24. The average Bonchev–Trinajstić information content (AvgIpc) is 2.34. The van der Waals surface area contributed by atoms with Crippen molar-refractivity contribution >= 4 is 21.7 Å². The summed E-state index contributed by atoms with van der Waals surface area (Å²) >= 11 is 3.27. The van der Waals surface area contributed by atoms with Crippen molar-refractivity contribution < 1.29 is 9.18 Å². The average molecular weight is 310 g/mol. The number of carbonyl (C=O) groups is 1. The fraction of sp³-hybridized carbons (Fsp3) is 0.0769. The van der Waals surface area contributed by atoms with Crippen LogP contribution < -0.4 is 5.56 Å². The maximum absolute atomic E-state index is 13.0. The Kier molecular flexibility index (Phi) is 3.72. The topological polar surface area (TPSA) is 39.1 Å². The number of hydrogen-bond acceptors (Lipinski definition) is 2. The molecule has 0 saturated heterocycles. The second-order valence-corrected chi connectivity index (χ2v) is 4.66. The quantitative estimate of drug-likeness (QED) is 0.818. The molecule has 0 fully saturated rings. The van der Waals surface area contributed by atoms with Crippen LogP contribution in [0, 0.1) is 5.82 Å². The zero-order chi connectivity index (χ0) is 13.1. The second kappa shape index (κ2) is 5.27. The molecule has 0 aliphatic heterocycles. The molecule has 0 amide bonds. The summed E-state index contributed by atoms with van der Waals surface area (Å²) in [5.41, 5.74) is 0.0798. The van der Waals surface area contributed by atoms with E-state index in [1.165, 1.54) is 0 Å². The molecule has 3 nitrogen and oxygen atoms in total. The third-order valence-electron chi connectivity index (χ3n) is 2.43. The molecule has 1 heterocycles. The SMILES string of the molecule is O=C(Cn1cc(F)ccc1=O)c1ccc(Br)cc1. The van der Waals surface area contributed by atoms with Gasteiger partial charge in [-0.3, -0.25) is 9.59 Å². The zero-order valence-electron chi connectivity index (χ0n) is 9.27. The molecule has 0 aliphatic carbocycles. The van der Waals surface area contributed by atoms with Gasteiger partial charge in [-0.1, -0.05) is 28.1 Å². The van der Waals surface area contributed by atoms with Crippen LogP contribution in [0.4, 0.5) is 4.39 Å². The lowest BCUT2D eigenvalue weighted by Crippen LogP contribution is -2.23. The molecular weight excluding hydrogens is 301 g/mol. The van der Waals surface area contributed by atoms with Gasteiger partial charge in [0.05, 0.1) is 6.54 Å². The van der Waals surface area contributed by atoms with Gasteiger partial charge >= 0.3 is 0 Å². The van der Waals surface area contributed by atoms with Gasteiger partial charge in [-0.2, -0.15) is 0 Å². The van der Waals surface area contributed by atoms with E-state index in [4.69, 9.17) is 0 Å². The van der Waals surface area contributed by atoms with Crippen molar-refractivity contribution in [3.8, 4) is 0 Å². The van der Waals surface area contributed by atoms with Crippen LogP contribution in [0.15, 0.2) is 51.9 Å². The highest BCUT2D eigenvalue weighted by atomic mass is 79.9. The molecule has 0 saturated carbocycles. The van der Waals surface area contributed by atoms with Gasteiger partial charge in [0.25, 0.3) is 5.56 Å². The van der Waals surface area contributed by atoms with E-state index in [1.54, 1.807) is 24.3 Å². The maximum atomic E-state index is 13.0. The van der Waals surface area contributed by atoms with Crippen molar-refractivity contribution in [1.29, 1.82) is 0 Å². The van der Waals surface area contributed by atoms with E-state index in [-0.39, 0.29) is 12.3 Å². The summed E-state index contributed by atoms with van der Waals surface area (Å²) in [5.74, 6) is -0.784. The van der Waals surface area contributed by atoms with Crippen molar-refractivity contribution in [3.05, 3.63) is 68.8 Å². The summed E-state index contributed by atoms with van der Waals surface area (Å²) in [5, 5.41) is 0. The van der Waals surface area contributed by atoms with E-state index in [2.05, 4.69) is 15.9 Å². The minimum atomic E-state index is -0.543. The summed E-state index contributed by atoms with van der Waals surface area (Å²) in [4.78, 5) is 23.3. The lowest BCUT2D eigenvalue weighted by molar-refractivity contribution is 0.0970. The first kappa shape index (κ1) is 12.7. The van der Waals surface area contributed by atoms with Crippen LogP contribution in [0.1, 0.15) is 10.4 Å². The number of ketones is 1. The lowest BCUT2D eigenvalue weighted by Gasteiger charge is -2.05. The van der Waals surface area contributed by atoms with E-state index < -0.39 is 11.4 Å². The molecule has 18 heavy (non-hydrogen) atoms. The molecular formula is C13H9BrFNO2. The van der Waals surface area contributed by atoms with Crippen molar-refractivity contribution in [3.63, 3.8) is 0 Å². The highest BCUT2D eigenvalue weighted by molar-refractivity contribution is 9.10. The Hall–Kier alpha value is -1.75. The number of aromatic nitrogens is 1. The van der Waals surface area contributed by atoms with Crippen LogP contribution in [0.5, 0.6) is 0 Å². The van der Waals surface area contributed by atoms with Gasteiger partial charge in [0.2, 0.25) is 0 Å². The zero-order valence-corrected chi connectivity index (χ0v) is 10.9. The van der Waals surface area contributed by atoms with Crippen molar-refractivity contribution in [2.24, 2.45) is 0 Å². The fourth-order valence-corrected chi connectivity index (χ4v) is 1.77. The first-order valence-electron chi connectivity index (χ1n) is 5.21. The Morgan fingerprint density at radius 3 is 2.50 bits per heavy atom. The van der Waals surface area contributed by atoms with Crippen LogP contribution in [0.3, 0.4) is 0 Å². The third kappa shape index (κ3) is 2.92. The van der Waals surface area contributed by atoms with E-state index in [0.717, 1.165) is 27.4 Å². The summed E-state index contributed by atoms with van der Waals surface area (Å²) < 4.78 is 14.9. The Bertz CT molecular complexity index is 634. The predicted molar refractivity (Wildman–Crippen MR) is 69.1 cm³/mol. The van der Waals surface area contributed by atoms with E-state index in [0.29, 0.717) is 5.56 Å². The normalized spacial score (nSPS) is 10.3. The van der Waals surface area contributed by atoms with Crippen LogP contribution in [0.25, 0.3) is 0 Å². The van der Waals surface area contributed by atoms with Crippen LogP contribution in [0.2, 0.25) is 0 Å². The first-order valence-corrected chi connectivity index (χ1v) is 6.00. The maximum Gasteiger partial charge on any atom is 0.251 e. The molecule has 0 unspecified atom stereocenters. The molecule has 0 spiro atoms. The number of Topliss-reactive ketones (excluding diaryl/α,β-unsaturated/α-hetero) is 1. The van der Waals surface area contributed by atoms with Gasteiger partial charge in [-0.05, 0) is 18.2 Å². The Morgan fingerprint density at radius 1 is 1.17 bits per heavy atom. The molecule has 0 atom stereocenters. The number of carbonyl (C=O) groups excluding carboxylic acids is 1. The largest absolute Gasteiger partial charge is 0.305 e. The van der Waals surface area contributed by atoms with Crippen LogP contribution in [-0.4, -0.2) is 10.4 Å². The van der Waals surface area contributed by atoms with Gasteiger partial charge < -0.3 is 4.57 Å². The van der Waals surface area contributed by atoms with Gasteiger partial charge in [-0.25, -0.2) is 4.39 Å². The summed E-state index contributed by atoms with van der Waals surface area (Å²) in [6, 6.07) is 8.95. The molecule has 0 N–H and O–H groups in total. The lowest BCUT2D eigenvalue weighted by atomic mass is 10.1. The van der Waals surface area contributed by atoms with Gasteiger partial charge in [0.15, 0.2) is 5.78 Å². The molecule has 2 aromatic rings. The number of nitrogens with zero attached hydrogens (tertiary/aromatic N) is 1. The van der Waals surface area contributed by atoms with Gasteiger partial charge in [0.1, 0.15) is 5.82 Å². The number of halogens is 2. The monoisotopic (exact) mass is 309 g/mol. The second-order valence-electron chi connectivity index (χ2n) is 3.74. The van der Waals surface area contributed by atoms with Crippen molar-refractivity contribution in [2.75, 3.05) is 0 Å². The van der Waals surface area contributed by atoms with Crippen molar-refractivity contribution in [2.45, 2.75) is 6.54 Å². The Morgan fingerprint density at radius 2 is 1.83 bits per heavy atom. The molecule has 1 aromatic carbocycles. The molecule has 0 radical (unpaired) electrons. The standard InChI is InChI=1S/C13H9BrFNO2/c14-10-3-1-9(2-4-10)12(17)8-16-7-11(15)5-6-13(16)18/h1-7H,8H2. The number of pyridine rings is 1. The third-order valence-corrected chi connectivity index (χ3v) is 2.96. The summed E-state index contributed by atoms with van der Waals surface area (Å²) in [7, 11) is 0. The molecule has 0 aliphatic rings. The molecule has 0 bridgehead atoms.